The van der Waals surface area contributed by atoms with Crippen LogP contribution >= 0.6 is 23.1 Å². The number of hydrogen-bond donors (Lipinski definition) is 1. The molecule has 3 rings (SSSR count). The molecule has 0 saturated carbocycles. The van der Waals surface area contributed by atoms with Crippen molar-refractivity contribution in [2.75, 3.05) is 11.1 Å². The molecule has 0 aliphatic heterocycles. The molecule has 0 unspecified atom stereocenters. The highest BCUT2D eigenvalue weighted by molar-refractivity contribution is 7.99. The van der Waals surface area contributed by atoms with E-state index in [0.717, 1.165) is 48.5 Å². The number of nitrogens with zero attached hydrogens (tertiary/aromatic N) is 3. The molecule has 1 aromatic carbocycles. The van der Waals surface area contributed by atoms with Crippen LogP contribution in [0.5, 0.6) is 0 Å². The number of aryl methyl sites for hydroxylation is 1. The number of para-hydroxylation sites is 1. The maximum Gasteiger partial charge on any atom is 0.418 e. The molecule has 1 N–H and O–H groups in total. The van der Waals surface area contributed by atoms with Crippen molar-refractivity contribution in [3.8, 4) is 11.4 Å². The zero-order valence-electron chi connectivity index (χ0n) is 17.2. The molecule has 0 fully saturated rings. The highest BCUT2D eigenvalue weighted by Crippen LogP contribution is 2.35. The predicted octanol–water partition coefficient (Wildman–Crippen LogP) is 6.12. The summed E-state index contributed by atoms with van der Waals surface area (Å²) in [5, 5.41) is 13.5. The lowest BCUT2D eigenvalue weighted by molar-refractivity contribution is -0.137. The van der Waals surface area contributed by atoms with E-state index in [9.17, 15) is 18.0 Å². The van der Waals surface area contributed by atoms with E-state index in [2.05, 4.69) is 33.9 Å². The summed E-state index contributed by atoms with van der Waals surface area (Å²) in [6, 6.07) is 7.04. The fraction of sp³-hybridized carbons (Fsp3) is 0.381. The standard InChI is InChI=1S/C21H23F3N4OS2/c1-3-7-15-11-14(12-30-15)19-26-27-20(28(19)10-4-2)31-13-18(29)25-17-9-6-5-8-16(17)21(22,23)24/h5-6,8-9,11-12H,3-4,7,10,13H2,1-2H3,(H,25,29). The molecule has 1 amide bonds. The Labute approximate surface area is 187 Å². The van der Waals surface area contributed by atoms with Crippen LogP contribution in [0.25, 0.3) is 11.4 Å². The minimum atomic E-state index is -4.54. The van der Waals surface area contributed by atoms with Gasteiger partial charge < -0.3 is 9.88 Å². The molecule has 166 valence electrons. The van der Waals surface area contributed by atoms with E-state index < -0.39 is 17.6 Å². The molecule has 0 bridgehead atoms. The maximum atomic E-state index is 13.1. The van der Waals surface area contributed by atoms with Crippen molar-refractivity contribution >= 4 is 34.7 Å². The second-order valence-electron chi connectivity index (χ2n) is 6.89. The summed E-state index contributed by atoms with van der Waals surface area (Å²) in [4.78, 5) is 13.6. The van der Waals surface area contributed by atoms with Crippen molar-refractivity contribution in [1.82, 2.24) is 14.8 Å². The third kappa shape index (κ3) is 5.88. The minimum absolute atomic E-state index is 0.0707. The second kappa shape index (κ2) is 10.3. The van der Waals surface area contributed by atoms with Gasteiger partial charge in [0.1, 0.15) is 0 Å². The number of rotatable bonds is 9. The number of alkyl halides is 3. The summed E-state index contributed by atoms with van der Waals surface area (Å²) < 4.78 is 41.3. The highest BCUT2D eigenvalue weighted by Gasteiger charge is 2.33. The molecule has 2 aromatic heterocycles. The molecular formula is C21H23F3N4OS2. The molecule has 0 saturated heterocycles. The Bertz CT molecular complexity index is 1030. The van der Waals surface area contributed by atoms with Gasteiger partial charge in [-0.05, 0) is 31.0 Å². The Morgan fingerprint density at radius 3 is 2.68 bits per heavy atom. The predicted molar refractivity (Wildman–Crippen MR) is 118 cm³/mol. The highest BCUT2D eigenvalue weighted by atomic mass is 32.2. The third-order valence-electron chi connectivity index (χ3n) is 4.41. The fourth-order valence-corrected chi connectivity index (χ4v) is 4.80. The maximum absolute atomic E-state index is 13.1. The van der Waals surface area contributed by atoms with Gasteiger partial charge >= 0.3 is 6.18 Å². The van der Waals surface area contributed by atoms with Gasteiger partial charge in [-0.15, -0.1) is 21.5 Å². The van der Waals surface area contributed by atoms with E-state index in [1.54, 1.807) is 11.3 Å². The Morgan fingerprint density at radius 1 is 1.19 bits per heavy atom. The van der Waals surface area contributed by atoms with Crippen molar-refractivity contribution < 1.29 is 18.0 Å². The summed E-state index contributed by atoms with van der Waals surface area (Å²) in [6.45, 7) is 4.85. The van der Waals surface area contributed by atoms with E-state index >= 15 is 0 Å². The quantitative estimate of drug-likeness (QED) is 0.385. The van der Waals surface area contributed by atoms with E-state index in [-0.39, 0.29) is 11.4 Å². The molecule has 3 aromatic rings. The zero-order valence-corrected chi connectivity index (χ0v) is 18.8. The first-order valence-electron chi connectivity index (χ1n) is 9.93. The molecule has 5 nitrogen and oxygen atoms in total. The number of hydrogen-bond acceptors (Lipinski definition) is 5. The number of benzene rings is 1. The summed E-state index contributed by atoms with van der Waals surface area (Å²) in [6.07, 6.45) is -1.61. The van der Waals surface area contributed by atoms with Crippen molar-refractivity contribution in [3.63, 3.8) is 0 Å². The van der Waals surface area contributed by atoms with E-state index in [1.807, 2.05) is 11.5 Å². The minimum Gasteiger partial charge on any atom is -0.325 e. The SMILES string of the molecule is CCCc1cc(-c2nnc(SCC(=O)Nc3ccccc3C(F)(F)F)n2CCC)cs1. The molecule has 0 atom stereocenters. The third-order valence-corrected chi connectivity index (χ3v) is 6.37. The average Bonchev–Trinajstić information content (AvgIpc) is 3.33. The Hall–Kier alpha value is -2.33. The van der Waals surface area contributed by atoms with Crippen LogP contribution in [0.2, 0.25) is 0 Å². The zero-order chi connectivity index (χ0) is 22.4. The van der Waals surface area contributed by atoms with E-state index in [0.29, 0.717) is 11.7 Å². The molecule has 0 aliphatic rings. The van der Waals surface area contributed by atoms with Gasteiger partial charge in [-0.2, -0.15) is 13.2 Å². The molecule has 2 heterocycles. The number of anilines is 1. The van der Waals surface area contributed by atoms with Crippen LogP contribution in [0.15, 0.2) is 40.9 Å². The van der Waals surface area contributed by atoms with Crippen molar-refractivity contribution in [2.24, 2.45) is 0 Å². The number of aromatic nitrogens is 3. The number of carbonyl (C=O) groups is 1. The van der Waals surface area contributed by atoms with Crippen LogP contribution in [0.3, 0.4) is 0 Å². The molecule has 0 spiro atoms. The average molecular weight is 469 g/mol. The molecule has 10 heteroatoms. The fourth-order valence-electron chi connectivity index (χ4n) is 3.07. The smallest absolute Gasteiger partial charge is 0.325 e. The van der Waals surface area contributed by atoms with Gasteiger partial charge in [-0.1, -0.05) is 44.2 Å². The Morgan fingerprint density at radius 2 is 1.97 bits per heavy atom. The second-order valence-corrected chi connectivity index (χ2v) is 8.83. The number of nitrogens with one attached hydrogen (secondary N) is 1. The van der Waals surface area contributed by atoms with Gasteiger partial charge in [0.25, 0.3) is 0 Å². The van der Waals surface area contributed by atoms with Gasteiger partial charge in [-0.3, -0.25) is 4.79 Å². The van der Waals surface area contributed by atoms with Crippen LogP contribution in [-0.4, -0.2) is 26.4 Å². The number of thiophene rings is 1. The first-order chi connectivity index (χ1) is 14.8. The summed E-state index contributed by atoms with van der Waals surface area (Å²) in [7, 11) is 0. The molecule has 0 aliphatic carbocycles. The topological polar surface area (TPSA) is 59.8 Å². The van der Waals surface area contributed by atoms with Crippen LogP contribution < -0.4 is 5.32 Å². The van der Waals surface area contributed by atoms with Crippen molar-refractivity contribution in [2.45, 2.75) is 51.0 Å². The lowest BCUT2D eigenvalue weighted by Gasteiger charge is -2.13. The first kappa shape index (κ1) is 23.3. The normalized spacial score (nSPS) is 11.6. The molecule has 0 radical (unpaired) electrons. The lowest BCUT2D eigenvalue weighted by Crippen LogP contribution is -2.18. The van der Waals surface area contributed by atoms with Gasteiger partial charge in [0.2, 0.25) is 5.91 Å². The monoisotopic (exact) mass is 468 g/mol. The number of amides is 1. The number of thioether (sulfide) groups is 1. The largest absolute Gasteiger partial charge is 0.418 e. The van der Waals surface area contributed by atoms with E-state index in [1.165, 1.54) is 23.1 Å². The van der Waals surface area contributed by atoms with Crippen LogP contribution in [0, 0.1) is 0 Å². The molecule has 31 heavy (non-hydrogen) atoms. The Kier molecular flexibility index (Phi) is 7.77. The number of halogens is 3. The first-order valence-corrected chi connectivity index (χ1v) is 11.8. The summed E-state index contributed by atoms with van der Waals surface area (Å²) in [5.74, 6) is 0.138. The van der Waals surface area contributed by atoms with Crippen molar-refractivity contribution in [1.29, 1.82) is 0 Å². The van der Waals surface area contributed by atoms with Gasteiger partial charge in [-0.25, -0.2) is 0 Å². The summed E-state index contributed by atoms with van der Waals surface area (Å²) >= 11 is 2.84. The lowest BCUT2D eigenvalue weighted by atomic mass is 10.1. The number of carbonyl (C=O) groups excluding carboxylic acids is 1. The van der Waals surface area contributed by atoms with Crippen molar-refractivity contribution in [3.05, 3.63) is 46.2 Å². The van der Waals surface area contributed by atoms with Crippen LogP contribution in [0.1, 0.15) is 37.1 Å². The van der Waals surface area contributed by atoms with Crippen LogP contribution in [0.4, 0.5) is 18.9 Å². The van der Waals surface area contributed by atoms with E-state index in [4.69, 9.17) is 0 Å². The molecular weight excluding hydrogens is 445 g/mol. The van der Waals surface area contributed by atoms with Gasteiger partial charge in [0.05, 0.1) is 17.0 Å². The summed E-state index contributed by atoms with van der Waals surface area (Å²) in [5.41, 5.74) is -0.132. The van der Waals surface area contributed by atoms with Gasteiger partial charge in [0, 0.05) is 22.4 Å². The Balaban J connectivity index is 1.72. The van der Waals surface area contributed by atoms with Crippen LogP contribution in [-0.2, 0) is 23.9 Å². The van der Waals surface area contributed by atoms with Gasteiger partial charge in [0.15, 0.2) is 11.0 Å².